The Hall–Kier alpha value is -2.81. The molecule has 2 aromatic rings. The molecule has 0 atom stereocenters. The average Bonchev–Trinajstić information content (AvgIpc) is 2.64. The Morgan fingerprint density at radius 3 is 1.88 bits per heavy atom. The van der Waals surface area contributed by atoms with Crippen LogP contribution in [-0.4, -0.2) is 13.1 Å². The molecule has 3 heteroatoms. The van der Waals surface area contributed by atoms with Gasteiger partial charge in [0.1, 0.15) is 11.5 Å². The monoisotopic (exact) mass is 338 g/mol. The van der Waals surface area contributed by atoms with Crippen LogP contribution in [0.5, 0.6) is 5.75 Å². The van der Waals surface area contributed by atoms with Gasteiger partial charge in [0, 0.05) is 11.6 Å². The van der Waals surface area contributed by atoms with E-state index in [-0.39, 0.29) is 0 Å². The third-order valence-corrected chi connectivity index (χ3v) is 3.22. The van der Waals surface area contributed by atoms with Crippen LogP contribution in [0.1, 0.15) is 32.8 Å². The van der Waals surface area contributed by atoms with Crippen molar-refractivity contribution in [3.8, 4) is 16.9 Å². The summed E-state index contributed by atoms with van der Waals surface area (Å²) in [6.07, 6.45) is 4.32. The predicted octanol–water partition coefficient (Wildman–Crippen LogP) is 5.87. The highest BCUT2D eigenvalue weighted by atomic mass is 16.5. The van der Waals surface area contributed by atoms with E-state index in [1.165, 1.54) is 6.42 Å². The van der Waals surface area contributed by atoms with E-state index < -0.39 is 5.97 Å². The van der Waals surface area contributed by atoms with Crippen LogP contribution in [0.25, 0.3) is 16.9 Å². The summed E-state index contributed by atoms with van der Waals surface area (Å²) in [6.45, 7) is 9.56. The topological polar surface area (TPSA) is 35.5 Å². The first-order chi connectivity index (χ1) is 12.1. The number of allylic oxidation sites excluding steroid dienone is 1. The molecule has 0 aromatic heterocycles. The molecule has 0 fully saturated rings. The third-order valence-electron chi connectivity index (χ3n) is 3.22. The van der Waals surface area contributed by atoms with E-state index in [0.29, 0.717) is 5.75 Å². The van der Waals surface area contributed by atoms with Crippen LogP contribution >= 0.6 is 0 Å². The zero-order valence-electron chi connectivity index (χ0n) is 15.4. The Morgan fingerprint density at radius 2 is 1.48 bits per heavy atom. The number of carbonyl (C=O) groups excluding carboxylic acids is 1. The lowest BCUT2D eigenvalue weighted by Crippen LogP contribution is -2.02. The molecule has 0 radical (unpaired) electrons. The lowest BCUT2D eigenvalue weighted by atomic mass is 10.0. The fourth-order valence-electron chi connectivity index (χ4n) is 2.10. The molecule has 0 N–H and O–H groups in total. The van der Waals surface area contributed by atoms with E-state index in [1.54, 1.807) is 19.2 Å². The maximum absolute atomic E-state index is 11.1. The second-order valence-corrected chi connectivity index (χ2v) is 5.29. The maximum Gasteiger partial charge on any atom is 0.335 e. The van der Waals surface area contributed by atoms with Gasteiger partial charge in [0.15, 0.2) is 0 Å². The van der Waals surface area contributed by atoms with Crippen molar-refractivity contribution in [2.75, 3.05) is 7.11 Å². The first-order valence-electron chi connectivity index (χ1n) is 8.34. The van der Waals surface area contributed by atoms with Gasteiger partial charge in [-0.2, -0.15) is 0 Å². The van der Waals surface area contributed by atoms with Gasteiger partial charge in [-0.3, -0.25) is 0 Å². The summed E-state index contributed by atoms with van der Waals surface area (Å²) in [5.41, 5.74) is 3.16. The number of hydrogen-bond acceptors (Lipinski definition) is 3. The van der Waals surface area contributed by atoms with Crippen LogP contribution in [0, 0.1) is 0 Å². The fraction of sp³-hybridized carbons (Fsp3) is 0.227. The van der Waals surface area contributed by atoms with E-state index in [2.05, 4.69) is 20.4 Å². The standard InChI is InChI=1S/C19H18O3.C3H8/c1-4-18(21-3)16-8-6-14(7-9-16)15-10-12-17(13-11-15)22-19(20)5-2;1-3-2/h4-13H,2H2,1,3H3;3H2,1-2H3/b18-4-;. The Balaban J connectivity index is 0.000000970. The van der Waals surface area contributed by atoms with Gasteiger partial charge >= 0.3 is 5.97 Å². The number of methoxy groups -OCH3 is 1. The third kappa shape index (κ3) is 6.30. The number of esters is 1. The van der Waals surface area contributed by atoms with Crippen molar-refractivity contribution in [1.82, 2.24) is 0 Å². The van der Waals surface area contributed by atoms with Crippen LogP contribution in [0.4, 0.5) is 0 Å². The minimum absolute atomic E-state index is 0.462. The van der Waals surface area contributed by atoms with Gasteiger partial charge < -0.3 is 9.47 Å². The molecule has 2 rings (SSSR count). The largest absolute Gasteiger partial charge is 0.496 e. The molecule has 0 aliphatic rings. The van der Waals surface area contributed by atoms with Crippen molar-refractivity contribution in [2.45, 2.75) is 27.2 Å². The first kappa shape index (κ1) is 20.2. The SMILES string of the molecule is C=CC(=O)Oc1ccc(-c2ccc(/C(=C/C)OC)cc2)cc1.CCC. The molecular weight excluding hydrogens is 312 g/mol. The second kappa shape index (κ2) is 10.9. The van der Waals surface area contributed by atoms with Crippen LogP contribution in [-0.2, 0) is 9.53 Å². The van der Waals surface area contributed by atoms with Crippen LogP contribution < -0.4 is 4.74 Å². The smallest absolute Gasteiger partial charge is 0.335 e. The van der Waals surface area contributed by atoms with Crippen LogP contribution in [0.3, 0.4) is 0 Å². The lowest BCUT2D eigenvalue weighted by molar-refractivity contribution is -0.128. The van der Waals surface area contributed by atoms with Crippen molar-refractivity contribution in [1.29, 1.82) is 0 Å². The molecular formula is C22H26O3. The van der Waals surface area contributed by atoms with Crippen molar-refractivity contribution in [3.63, 3.8) is 0 Å². The molecule has 25 heavy (non-hydrogen) atoms. The zero-order valence-corrected chi connectivity index (χ0v) is 15.4. The molecule has 0 unspecified atom stereocenters. The Bertz CT molecular complexity index is 695. The number of hydrogen-bond donors (Lipinski definition) is 0. The summed E-state index contributed by atoms with van der Waals surface area (Å²) in [5.74, 6) is 0.884. The van der Waals surface area contributed by atoms with Crippen molar-refractivity contribution >= 4 is 11.7 Å². The molecule has 0 heterocycles. The average molecular weight is 338 g/mol. The zero-order chi connectivity index (χ0) is 18.7. The van der Waals surface area contributed by atoms with E-state index in [9.17, 15) is 4.79 Å². The predicted molar refractivity (Wildman–Crippen MR) is 104 cm³/mol. The molecule has 3 nitrogen and oxygen atoms in total. The van der Waals surface area contributed by atoms with E-state index in [1.807, 2.05) is 49.4 Å². The molecule has 2 aromatic carbocycles. The van der Waals surface area contributed by atoms with Gasteiger partial charge in [-0.1, -0.05) is 63.2 Å². The van der Waals surface area contributed by atoms with Gasteiger partial charge in [0.05, 0.1) is 7.11 Å². The van der Waals surface area contributed by atoms with E-state index in [4.69, 9.17) is 9.47 Å². The summed E-state index contributed by atoms with van der Waals surface area (Å²) in [4.78, 5) is 11.1. The Labute approximate surface area is 150 Å². The lowest BCUT2D eigenvalue weighted by Gasteiger charge is -2.08. The highest BCUT2D eigenvalue weighted by Gasteiger charge is 2.03. The Kier molecular flexibility index (Phi) is 8.80. The molecule has 0 bridgehead atoms. The second-order valence-electron chi connectivity index (χ2n) is 5.29. The molecule has 0 amide bonds. The number of ether oxygens (including phenoxy) is 2. The van der Waals surface area contributed by atoms with Crippen molar-refractivity contribution in [3.05, 3.63) is 72.8 Å². The summed E-state index contributed by atoms with van der Waals surface area (Å²) in [7, 11) is 1.66. The fourth-order valence-corrected chi connectivity index (χ4v) is 2.10. The van der Waals surface area contributed by atoms with Crippen LogP contribution in [0.2, 0.25) is 0 Å². The summed E-state index contributed by atoms with van der Waals surface area (Å²) in [5, 5.41) is 0. The number of carbonyl (C=O) groups is 1. The maximum atomic E-state index is 11.1. The molecule has 132 valence electrons. The molecule has 0 saturated carbocycles. The summed E-state index contributed by atoms with van der Waals surface area (Å²) in [6, 6.07) is 15.4. The van der Waals surface area contributed by atoms with Crippen molar-refractivity contribution < 1.29 is 14.3 Å². The first-order valence-corrected chi connectivity index (χ1v) is 8.34. The highest BCUT2D eigenvalue weighted by Crippen LogP contribution is 2.25. The Morgan fingerprint density at radius 1 is 1.00 bits per heavy atom. The van der Waals surface area contributed by atoms with Gasteiger partial charge in [-0.25, -0.2) is 4.79 Å². The summed E-state index contributed by atoms with van der Waals surface area (Å²) < 4.78 is 10.4. The minimum Gasteiger partial charge on any atom is -0.496 e. The molecule has 0 aliphatic carbocycles. The molecule has 0 saturated heterocycles. The van der Waals surface area contributed by atoms with E-state index in [0.717, 1.165) is 28.5 Å². The van der Waals surface area contributed by atoms with E-state index >= 15 is 0 Å². The van der Waals surface area contributed by atoms with Gasteiger partial charge in [-0.15, -0.1) is 0 Å². The number of rotatable bonds is 5. The van der Waals surface area contributed by atoms with Gasteiger partial charge in [0.25, 0.3) is 0 Å². The van der Waals surface area contributed by atoms with Crippen LogP contribution in [0.15, 0.2) is 67.3 Å². The quantitative estimate of drug-likeness (QED) is 0.296. The highest BCUT2D eigenvalue weighted by molar-refractivity contribution is 5.83. The van der Waals surface area contributed by atoms with Gasteiger partial charge in [0.2, 0.25) is 0 Å². The minimum atomic E-state index is -0.462. The normalized spacial score (nSPS) is 10.3. The van der Waals surface area contributed by atoms with Gasteiger partial charge in [-0.05, 0) is 36.3 Å². The molecule has 0 aliphatic heterocycles. The summed E-state index contributed by atoms with van der Waals surface area (Å²) >= 11 is 0. The van der Waals surface area contributed by atoms with Crippen molar-refractivity contribution in [2.24, 2.45) is 0 Å². The molecule has 0 spiro atoms. The number of benzene rings is 2.